The lowest BCUT2D eigenvalue weighted by atomic mass is 9.89. The van der Waals surface area contributed by atoms with E-state index < -0.39 is 0 Å². The second-order valence-electron chi connectivity index (χ2n) is 7.73. The van der Waals surface area contributed by atoms with Crippen molar-refractivity contribution in [1.82, 2.24) is 4.90 Å². The molecule has 3 heteroatoms. The van der Waals surface area contributed by atoms with Crippen LogP contribution in [0.5, 0.6) is 0 Å². The number of hydrogen-bond acceptors (Lipinski definition) is 2. The Balaban J connectivity index is 1.92. The number of amides is 1. The monoisotopic (exact) mass is 302 g/mol. The molecule has 2 rings (SSSR count). The van der Waals surface area contributed by atoms with Gasteiger partial charge in [0.2, 0.25) is 5.91 Å². The molecule has 0 bridgehead atoms. The van der Waals surface area contributed by atoms with E-state index in [4.69, 9.17) is 5.73 Å². The molecule has 2 N–H and O–H groups in total. The molecule has 2 atom stereocenters. The van der Waals surface area contributed by atoms with E-state index in [1.54, 1.807) is 0 Å². The van der Waals surface area contributed by atoms with Gasteiger partial charge in [-0.05, 0) is 36.3 Å². The molecule has 3 nitrogen and oxygen atoms in total. The topological polar surface area (TPSA) is 46.3 Å². The molecule has 0 radical (unpaired) electrons. The van der Waals surface area contributed by atoms with Gasteiger partial charge in [-0.3, -0.25) is 4.79 Å². The molecule has 1 saturated heterocycles. The van der Waals surface area contributed by atoms with Crippen LogP contribution in [0.1, 0.15) is 51.5 Å². The average molecular weight is 302 g/mol. The Kier molecular flexibility index (Phi) is 5.63. The summed E-state index contributed by atoms with van der Waals surface area (Å²) in [5, 5.41) is 0. The first kappa shape index (κ1) is 17.0. The van der Waals surface area contributed by atoms with E-state index in [-0.39, 0.29) is 0 Å². The van der Waals surface area contributed by atoms with Crippen molar-refractivity contribution in [3.05, 3.63) is 35.9 Å². The first-order valence-corrected chi connectivity index (χ1v) is 8.43. The van der Waals surface area contributed by atoms with Crippen LogP contribution in [-0.2, 0) is 4.79 Å². The number of benzene rings is 1. The Morgan fingerprint density at radius 1 is 1.23 bits per heavy atom. The fraction of sp³-hybridized carbons (Fsp3) is 0.632. The summed E-state index contributed by atoms with van der Waals surface area (Å²) in [5.74, 6) is 1.06. The standard InChI is InChI=1S/C19H30N2O/c1-19(2,3)11-7-10-18(22)21-13-16(12-20)17(14-21)15-8-5-4-6-9-15/h4-6,8-9,16-17H,7,10-14,20H2,1-3H3/t16-,17+/m1/s1. The van der Waals surface area contributed by atoms with E-state index >= 15 is 0 Å². The molecule has 22 heavy (non-hydrogen) atoms. The zero-order valence-corrected chi connectivity index (χ0v) is 14.2. The number of carbonyl (C=O) groups excluding carboxylic acids is 1. The van der Waals surface area contributed by atoms with Gasteiger partial charge in [-0.1, -0.05) is 51.1 Å². The Morgan fingerprint density at radius 2 is 1.91 bits per heavy atom. The SMILES string of the molecule is CC(C)(C)CCCC(=O)N1C[C@@H](CN)[C@H](c2ccccc2)C1. The van der Waals surface area contributed by atoms with Crippen molar-refractivity contribution < 1.29 is 4.79 Å². The van der Waals surface area contributed by atoms with Crippen LogP contribution < -0.4 is 5.73 Å². The summed E-state index contributed by atoms with van der Waals surface area (Å²) in [5.41, 5.74) is 7.55. The molecule has 0 aliphatic carbocycles. The largest absolute Gasteiger partial charge is 0.342 e. The number of carbonyl (C=O) groups is 1. The minimum Gasteiger partial charge on any atom is -0.342 e. The highest BCUT2D eigenvalue weighted by Crippen LogP contribution is 2.32. The van der Waals surface area contributed by atoms with Gasteiger partial charge < -0.3 is 10.6 Å². The number of nitrogens with two attached hydrogens (primary N) is 1. The van der Waals surface area contributed by atoms with E-state index in [2.05, 4.69) is 45.0 Å². The molecule has 0 spiro atoms. The third kappa shape index (κ3) is 4.57. The minimum absolute atomic E-state index is 0.293. The van der Waals surface area contributed by atoms with E-state index in [1.807, 2.05) is 11.0 Å². The molecule has 1 aromatic carbocycles. The highest BCUT2D eigenvalue weighted by Gasteiger charge is 2.34. The Morgan fingerprint density at radius 3 is 2.50 bits per heavy atom. The summed E-state index contributed by atoms with van der Waals surface area (Å²) in [6.07, 6.45) is 2.73. The molecule has 1 heterocycles. The fourth-order valence-corrected chi connectivity index (χ4v) is 3.32. The predicted octanol–water partition coefficient (Wildman–Crippen LogP) is 3.40. The van der Waals surface area contributed by atoms with Crippen molar-refractivity contribution in [2.24, 2.45) is 17.1 Å². The summed E-state index contributed by atoms with van der Waals surface area (Å²) >= 11 is 0. The quantitative estimate of drug-likeness (QED) is 0.906. The number of likely N-dealkylation sites (tertiary alicyclic amines) is 1. The summed E-state index contributed by atoms with van der Waals surface area (Å²) in [4.78, 5) is 14.5. The minimum atomic E-state index is 0.293. The highest BCUT2D eigenvalue weighted by molar-refractivity contribution is 5.76. The maximum atomic E-state index is 12.5. The Hall–Kier alpha value is -1.35. The molecule has 1 fully saturated rings. The first-order valence-electron chi connectivity index (χ1n) is 8.43. The molecular formula is C19H30N2O. The second kappa shape index (κ2) is 7.28. The number of rotatable bonds is 5. The van der Waals surface area contributed by atoms with Gasteiger partial charge in [0.25, 0.3) is 0 Å². The van der Waals surface area contributed by atoms with Gasteiger partial charge in [0.15, 0.2) is 0 Å². The van der Waals surface area contributed by atoms with Crippen LogP contribution in [0.15, 0.2) is 30.3 Å². The summed E-state index contributed by atoms with van der Waals surface area (Å²) < 4.78 is 0. The Bertz CT molecular complexity index is 478. The molecule has 1 aliphatic rings. The van der Waals surface area contributed by atoms with Gasteiger partial charge in [0.05, 0.1) is 0 Å². The van der Waals surface area contributed by atoms with Gasteiger partial charge >= 0.3 is 0 Å². The van der Waals surface area contributed by atoms with Crippen molar-refractivity contribution in [2.45, 2.75) is 46.0 Å². The average Bonchev–Trinajstić information content (AvgIpc) is 2.91. The molecule has 0 unspecified atom stereocenters. The van der Waals surface area contributed by atoms with E-state index in [0.717, 1.165) is 25.9 Å². The molecule has 1 amide bonds. The van der Waals surface area contributed by atoms with Crippen molar-refractivity contribution >= 4 is 5.91 Å². The van der Waals surface area contributed by atoms with Crippen LogP contribution in [0.25, 0.3) is 0 Å². The fourth-order valence-electron chi connectivity index (χ4n) is 3.32. The van der Waals surface area contributed by atoms with Crippen LogP contribution in [0, 0.1) is 11.3 Å². The first-order chi connectivity index (χ1) is 10.4. The van der Waals surface area contributed by atoms with Gasteiger partial charge in [0.1, 0.15) is 0 Å². The smallest absolute Gasteiger partial charge is 0.222 e. The van der Waals surface area contributed by atoms with Crippen LogP contribution in [0.2, 0.25) is 0 Å². The van der Waals surface area contributed by atoms with Gasteiger partial charge in [0, 0.05) is 25.4 Å². The lowest BCUT2D eigenvalue weighted by Crippen LogP contribution is -2.29. The van der Waals surface area contributed by atoms with Crippen LogP contribution >= 0.6 is 0 Å². The summed E-state index contributed by atoms with van der Waals surface area (Å²) in [6, 6.07) is 10.5. The van der Waals surface area contributed by atoms with E-state index in [1.165, 1.54) is 5.56 Å². The number of hydrogen-bond donors (Lipinski definition) is 1. The van der Waals surface area contributed by atoms with Crippen LogP contribution in [-0.4, -0.2) is 30.4 Å². The normalized spacial score (nSPS) is 22.1. The molecule has 0 saturated carbocycles. The third-order valence-electron chi connectivity index (χ3n) is 4.64. The van der Waals surface area contributed by atoms with Crippen molar-refractivity contribution in [3.8, 4) is 0 Å². The Labute approximate surface area is 134 Å². The van der Waals surface area contributed by atoms with Crippen molar-refractivity contribution in [1.29, 1.82) is 0 Å². The van der Waals surface area contributed by atoms with Crippen LogP contribution in [0.4, 0.5) is 0 Å². The highest BCUT2D eigenvalue weighted by atomic mass is 16.2. The van der Waals surface area contributed by atoms with Gasteiger partial charge in [-0.25, -0.2) is 0 Å². The van der Waals surface area contributed by atoms with E-state index in [9.17, 15) is 4.79 Å². The third-order valence-corrected chi connectivity index (χ3v) is 4.64. The maximum absolute atomic E-state index is 12.5. The molecule has 122 valence electrons. The summed E-state index contributed by atoms with van der Waals surface area (Å²) in [6.45, 7) is 8.95. The molecule has 1 aromatic rings. The summed E-state index contributed by atoms with van der Waals surface area (Å²) in [7, 11) is 0. The lowest BCUT2D eigenvalue weighted by Gasteiger charge is -2.20. The molecule has 0 aromatic heterocycles. The van der Waals surface area contributed by atoms with Gasteiger partial charge in [-0.2, -0.15) is 0 Å². The predicted molar refractivity (Wildman–Crippen MR) is 91.6 cm³/mol. The van der Waals surface area contributed by atoms with E-state index in [0.29, 0.717) is 36.1 Å². The molecular weight excluding hydrogens is 272 g/mol. The second-order valence-corrected chi connectivity index (χ2v) is 7.73. The van der Waals surface area contributed by atoms with Crippen LogP contribution in [0.3, 0.4) is 0 Å². The van der Waals surface area contributed by atoms with Gasteiger partial charge in [-0.15, -0.1) is 0 Å². The van der Waals surface area contributed by atoms with Crippen molar-refractivity contribution in [3.63, 3.8) is 0 Å². The number of nitrogens with zero attached hydrogens (tertiary/aromatic N) is 1. The zero-order chi connectivity index (χ0) is 16.2. The molecule has 1 aliphatic heterocycles. The maximum Gasteiger partial charge on any atom is 0.222 e. The van der Waals surface area contributed by atoms with Crippen molar-refractivity contribution in [2.75, 3.05) is 19.6 Å². The zero-order valence-electron chi connectivity index (χ0n) is 14.2. The lowest BCUT2D eigenvalue weighted by molar-refractivity contribution is -0.130.